The van der Waals surface area contributed by atoms with Gasteiger partial charge in [0.1, 0.15) is 17.7 Å². The molecule has 2 heterocycles. The van der Waals surface area contributed by atoms with Crippen molar-refractivity contribution >= 4 is 11.9 Å². The summed E-state index contributed by atoms with van der Waals surface area (Å²) in [6.07, 6.45) is 2.76. The van der Waals surface area contributed by atoms with Crippen LogP contribution in [0.3, 0.4) is 0 Å². The van der Waals surface area contributed by atoms with Gasteiger partial charge < -0.3 is 15.4 Å². The van der Waals surface area contributed by atoms with Gasteiger partial charge in [0.2, 0.25) is 5.95 Å². The van der Waals surface area contributed by atoms with Gasteiger partial charge in [-0.25, -0.2) is 14.4 Å². The van der Waals surface area contributed by atoms with E-state index < -0.39 is 5.91 Å². The highest BCUT2D eigenvalue weighted by molar-refractivity contribution is 5.92. The Morgan fingerprint density at radius 1 is 1.36 bits per heavy atom. The average Bonchev–Trinajstić information content (AvgIpc) is 2.46. The van der Waals surface area contributed by atoms with Crippen molar-refractivity contribution in [3.05, 3.63) is 47.5 Å². The average molecular weight is 302 g/mol. The molecule has 1 aromatic carbocycles. The Bertz CT molecular complexity index is 699. The van der Waals surface area contributed by atoms with Crippen molar-refractivity contribution in [2.75, 3.05) is 18.0 Å². The molecule has 0 spiro atoms. The molecule has 0 unspecified atom stereocenters. The fraction of sp³-hybridized carbons (Fsp3) is 0.267. The summed E-state index contributed by atoms with van der Waals surface area (Å²) >= 11 is 0. The maximum atomic E-state index is 13.2. The van der Waals surface area contributed by atoms with E-state index in [0.29, 0.717) is 24.8 Å². The van der Waals surface area contributed by atoms with Gasteiger partial charge in [-0.15, -0.1) is 0 Å². The molecule has 0 aliphatic carbocycles. The molecule has 6 nitrogen and oxygen atoms in total. The highest BCUT2D eigenvalue weighted by atomic mass is 19.1. The van der Waals surface area contributed by atoms with Crippen LogP contribution in [0.15, 0.2) is 30.6 Å². The van der Waals surface area contributed by atoms with Crippen molar-refractivity contribution in [2.45, 2.75) is 13.0 Å². The van der Waals surface area contributed by atoms with E-state index in [-0.39, 0.29) is 17.5 Å². The number of rotatable bonds is 4. The fourth-order valence-corrected chi connectivity index (χ4v) is 2.17. The number of carbonyl (C=O) groups is 1. The van der Waals surface area contributed by atoms with Crippen molar-refractivity contribution in [2.24, 2.45) is 5.73 Å². The van der Waals surface area contributed by atoms with E-state index in [1.807, 2.05) is 11.8 Å². The lowest BCUT2D eigenvalue weighted by Gasteiger charge is -2.39. The third kappa shape index (κ3) is 2.83. The zero-order valence-electron chi connectivity index (χ0n) is 12.0. The van der Waals surface area contributed by atoms with E-state index in [1.165, 1.54) is 24.5 Å². The number of aryl methyl sites for hydroxylation is 1. The second kappa shape index (κ2) is 5.59. The summed E-state index contributed by atoms with van der Waals surface area (Å²) in [6.45, 7) is 3.08. The fourth-order valence-electron chi connectivity index (χ4n) is 2.17. The molecule has 1 aliphatic heterocycles. The number of hydrogen-bond acceptors (Lipinski definition) is 5. The Morgan fingerprint density at radius 3 is 2.68 bits per heavy atom. The van der Waals surface area contributed by atoms with Crippen molar-refractivity contribution < 1.29 is 13.9 Å². The van der Waals surface area contributed by atoms with Crippen LogP contribution in [0, 0.1) is 12.7 Å². The van der Waals surface area contributed by atoms with Gasteiger partial charge in [-0.3, -0.25) is 4.79 Å². The van der Waals surface area contributed by atoms with Crippen LogP contribution in [0.5, 0.6) is 5.75 Å². The number of halogens is 1. The predicted octanol–water partition coefficient (Wildman–Crippen LogP) is 1.29. The summed E-state index contributed by atoms with van der Waals surface area (Å²) in [4.78, 5) is 21.1. The molecule has 0 saturated carbocycles. The first-order chi connectivity index (χ1) is 10.5. The lowest BCUT2D eigenvalue weighted by Crippen LogP contribution is -2.54. The van der Waals surface area contributed by atoms with Crippen LogP contribution in [0.25, 0.3) is 0 Å². The molecular weight excluding hydrogens is 287 g/mol. The van der Waals surface area contributed by atoms with E-state index >= 15 is 0 Å². The Hall–Kier alpha value is -2.70. The maximum absolute atomic E-state index is 13.2. The number of nitrogens with zero attached hydrogens (tertiary/aromatic N) is 3. The third-order valence-corrected chi connectivity index (χ3v) is 3.50. The number of carbonyl (C=O) groups excluding carboxylic acids is 1. The molecule has 3 rings (SSSR count). The summed E-state index contributed by atoms with van der Waals surface area (Å²) in [5, 5.41) is 0. The van der Waals surface area contributed by atoms with Gasteiger partial charge >= 0.3 is 0 Å². The first-order valence-corrected chi connectivity index (χ1v) is 6.82. The third-order valence-electron chi connectivity index (χ3n) is 3.50. The van der Waals surface area contributed by atoms with Crippen molar-refractivity contribution in [3.63, 3.8) is 0 Å². The number of aromatic nitrogens is 2. The molecule has 114 valence electrons. The summed E-state index contributed by atoms with van der Waals surface area (Å²) in [6, 6.07) is 4.48. The zero-order valence-corrected chi connectivity index (χ0v) is 12.0. The second-order valence-corrected chi connectivity index (χ2v) is 5.19. The van der Waals surface area contributed by atoms with Gasteiger partial charge in [-0.1, -0.05) is 6.07 Å². The topological polar surface area (TPSA) is 81.3 Å². The van der Waals surface area contributed by atoms with Gasteiger partial charge in [-0.2, -0.15) is 0 Å². The molecular formula is C15H15FN4O2. The van der Waals surface area contributed by atoms with E-state index in [1.54, 1.807) is 6.07 Å². The van der Waals surface area contributed by atoms with Crippen molar-refractivity contribution in [1.82, 2.24) is 9.97 Å². The number of amides is 1. The van der Waals surface area contributed by atoms with E-state index in [9.17, 15) is 9.18 Å². The quantitative estimate of drug-likeness (QED) is 0.920. The molecule has 0 atom stereocenters. The predicted molar refractivity (Wildman–Crippen MR) is 78.3 cm³/mol. The number of primary amides is 1. The minimum Gasteiger partial charge on any atom is -0.486 e. The number of benzene rings is 1. The molecule has 1 aliphatic rings. The molecule has 1 fully saturated rings. The molecule has 0 bridgehead atoms. The van der Waals surface area contributed by atoms with Crippen LogP contribution < -0.4 is 15.4 Å². The van der Waals surface area contributed by atoms with Gasteiger partial charge in [0.05, 0.1) is 18.7 Å². The van der Waals surface area contributed by atoms with Crippen molar-refractivity contribution in [3.8, 4) is 5.75 Å². The summed E-state index contributed by atoms with van der Waals surface area (Å²) in [5.41, 5.74) is 6.30. The van der Waals surface area contributed by atoms with Crippen LogP contribution in [-0.2, 0) is 0 Å². The molecule has 22 heavy (non-hydrogen) atoms. The number of nitrogens with two attached hydrogens (primary N) is 1. The number of hydrogen-bond donors (Lipinski definition) is 1. The summed E-state index contributed by atoms with van der Waals surface area (Å²) in [7, 11) is 0. The highest BCUT2D eigenvalue weighted by Crippen LogP contribution is 2.24. The van der Waals surface area contributed by atoms with Crippen molar-refractivity contribution in [1.29, 1.82) is 0 Å². The first kappa shape index (κ1) is 14.2. The molecule has 1 aromatic heterocycles. The lowest BCUT2D eigenvalue weighted by atomic mass is 10.1. The van der Waals surface area contributed by atoms with Crippen LogP contribution in [0.1, 0.15) is 15.9 Å². The van der Waals surface area contributed by atoms with Gasteiger partial charge in [0.25, 0.3) is 5.91 Å². The number of anilines is 1. The first-order valence-electron chi connectivity index (χ1n) is 6.82. The van der Waals surface area contributed by atoms with Crippen LogP contribution in [-0.4, -0.2) is 35.1 Å². The van der Waals surface area contributed by atoms with E-state index in [2.05, 4.69) is 9.97 Å². The van der Waals surface area contributed by atoms with Gasteiger partial charge in [-0.05, 0) is 18.6 Å². The Kier molecular flexibility index (Phi) is 3.62. The molecule has 1 saturated heterocycles. The van der Waals surface area contributed by atoms with E-state index in [4.69, 9.17) is 10.5 Å². The summed E-state index contributed by atoms with van der Waals surface area (Å²) in [5.74, 6) is 0.190. The minimum atomic E-state index is -0.557. The molecule has 2 aromatic rings. The molecule has 2 N–H and O–H groups in total. The minimum absolute atomic E-state index is 0.0417. The lowest BCUT2D eigenvalue weighted by molar-refractivity contribution is 0.0999. The second-order valence-electron chi connectivity index (χ2n) is 5.19. The van der Waals surface area contributed by atoms with E-state index in [0.717, 1.165) is 5.56 Å². The van der Waals surface area contributed by atoms with Gasteiger partial charge in [0.15, 0.2) is 0 Å². The highest BCUT2D eigenvalue weighted by Gasteiger charge is 2.30. The normalized spacial score (nSPS) is 14.5. The molecule has 1 amide bonds. The smallest absolute Gasteiger partial charge is 0.251 e. The van der Waals surface area contributed by atoms with Crippen LogP contribution in [0.4, 0.5) is 10.3 Å². The van der Waals surface area contributed by atoms with Crippen LogP contribution >= 0.6 is 0 Å². The Morgan fingerprint density at radius 2 is 2.05 bits per heavy atom. The van der Waals surface area contributed by atoms with Gasteiger partial charge in [0, 0.05) is 18.5 Å². The monoisotopic (exact) mass is 302 g/mol. The SMILES string of the molecule is Cc1ccc(F)cc1OC1CN(c2ncc(C(N)=O)cn2)C1. The zero-order chi connectivity index (χ0) is 15.7. The Balaban J connectivity index is 1.60. The molecule has 7 heteroatoms. The number of ether oxygens (including phenoxy) is 1. The van der Waals surface area contributed by atoms with Crippen LogP contribution in [0.2, 0.25) is 0 Å². The maximum Gasteiger partial charge on any atom is 0.251 e. The summed E-state index contributed by atoms with van der Waals surface area (Å²) < 4.78 is 19.0. The molecule has 0 radical (unpaired) electrons. The standard InChI is InChI=1S/C15H15FN4O2/c1-9-2-3-11(16)4-13(9)22-12-7-20(8-12)15-18-5-10(6-19-15)14(17)21/h2-6,12H,7-8H2,1H3,(H2,17,21). The Labute approximate surface area is 126 Å². The largest absolute Gasteiger partial charge is 0.486 e.